The summed E-state index contributed by atoms with van der Waals surface area (Å²) in [6.07, 6.45) is 9.94. The summed E-state index contributed by atoms with van der Waals surface area (Å²) in [5, 5.41) is 3.62. The molecule has 1 aliphatic carbocycles. The van der Waals surface area contributed by atoms with Gasteiger partial charge in [0.15, 0.2) is 0 Å². The first-order chi connectivity index (χ1) is 7.33. The molecule has 0 saturated heterocycles. The lowest BCUT2D eigenvalue weighted by Crippen LogP contribution is -2.32. The Morgan fingerprint density at radius 3 is 2.47 bits per heavy atom. The van der Waals surface area contributed by atoms with Gasteiger partial charge in [-0.15, -0.1) is 0 Å². The highest BCUT2D eigenvalue weighted by molar-refractivity contribution is 4.70. The first kappa shape index (κ1) is 13.0. The van der Waals surface area contributed by atoms with Crippen LogP contribution in [0.1, 0.15) is 58.8 Å². The van der Waals surface area contributed by atoms with Gasteiger partial charge in [0.25, 0.3) is 0 Å². The second-order valence-electron chi connectivity index (χ2n) is 4.73. The molecule has 90 valence electrons. The predicted molar refractivity (Wildman–Crippen MR) is 65.2 cm³/mol. The Balaban J connectivity index is 1.98. The van der Waals surface area contributed by atoms with E-state index in [4.69, 9.17) is 4.74 Å². The van der Waals surface area contributed by atoms with Crippen molar-refractivity contribution < 1.29 is 4.74 Å². The maximum Gasteiger partial charge on any atom is 0.0594 e. The summed E-state index contributed by atoms with van der Waals surface area (Å²) >= 11 is 0. The molecule has 0 amide bonds. The fraction of sp³-hybridized carbons (Fsp3) is 1.00. The molecule has 0 aromatic heterocycles. The predicted octanol–water partition coefficient (Wildman–Crippen LogP) is 3.11. The van der Waals surface area contributed by atoms with Gasteiger partial charge in [0.2, 0.25) is 0 Å². The Kier molecular flexibility index (Phi) is 7.03. The molecule has 1 N–H and O–H groups in total. The lowest BCUT2D eigenvalue weighted by Gasteiger charge is -2.17. The summed E-state index contributed by atoms with van der Waals surface area (Å²) in [4.78, 5) is 0. The highest BCUT2D eigenvalue weighted by Crippen LogP contribution is 2.16. The van der Waals surface area contributed by atoms with Crippen molar-refractivity contribution in [2.24, 2.45) is 0 Å². The molecule has 1 unspecified atom stereocenters. The zero-order valence-corrected chi connectivity index (χ0v) is 10.4. The SMILES string of the molecule is CCC(C)OCCNC1CCCCCC1. The molecule has 1 fully saturated rings. The molecular weight excluding hydrogens is 186 g/mol. The van der Waals surface area contributed by atoms with E-state index in [1.807, 2.05) is 0 Å². The van der Waals surface area contributed by atoms with Crippen LogP contribution in [0.5, 0.6) is 0 Å². The molecule has 0 aliphatic heterocycles. The van der Waals surface area contributed by atoms with Crippen LogP contribution in [0.3, 0.4) is 0 Å². The minimum Gasteiger partial charge on any atom is -0.377 e. The van der Waals surface area contributed by atoms with E-state index in [2.05, 4.69) is 19.2 Å². The van der Waals surface area contributed by atoms with Crippen molar-refractivity contribution in [2.75, 3.05) is 13.2 Å². The summed E-state index contributed by atoms with van der Waals surface area (Å²) in [6, 6.07) is 0.757. The largest absolute Gasteiger partial charge is 0.377 e. The van der Waals surface area contributed by atoms with Crippen LogP contribution in [-0.2, 0) is 4.74 Å². The average Bonchev–Trinajstić information content (AvgIpc) is 2.52. The average molecular weight is 213 g/mol. The molecule has 0 bridgehead atoms. The second-order valence-corrected chi connectivity index (χ2v) is 4.73. The van der Waals surface area contributed by atoms with Gasteiger partial charge in [-0.3, -0.25) is 0 Å². The molecule has 1 rings (SSSR count). The van der Waals surface area contributed by atoms with Crippen LogP contribution in [0.2, 0.25) is 0 Å². The van der Waals surface area contributed by atoms with Crippen LogP contribution in [0, 0.1) is 0 Å². The summed E-state index contributed by atoms with van der Waals surface area (Å²) in [7, 11) is 0. The zero-order valence-electron chi connectivity index (χ0n) is 10.4. The van der Waals surface area contributed by atoms with Crippen LogP contribution >= 0.6 is 0 Å². The van der Waals surface area contributed by atoms with Gasteiger partial charge in [0.1, 0.15) is 0 Å². The fourth-order valence-corrected chi connectivity index (χ4v) is 2.12. The molecule has 0 heterocycles. The second kappa shape index (κ2) is 8.12. The standard InChI is InChI=1S/C13H27NO/c1-3-12(2)15-11-10-14-13-8-6-4-5-7-9-13/h12-14H,3-11H2,1-2H3. The first-order valence-corrected chi connectivity index (χ1v) is 6.68. The van der Waals surface area contributed by atoms with Crippen molar-refractivity contribution in [1.29, 1.82) is 0 Å². The van der Waals surface area contributed by atoms with E-state index in [0.717, 1.165) is 25.6 Å². The van der Waals surface area contributed by atoms with Crippen LogP contribution in [0.25, 0.3) is 0 Å². The Bertz CT molecular complexity index is 141. The Morgan fingerprint density at radius 2 is 1.87 bits per heavy atom. The van der Waals surface area contributed by atoms with E-state index in [1.165, 1.54) is 38.5 Å². The molecule has 2 heteroatoms. The summed E-state index contributed by atoms with van der Waals surface area (Å²) in [5.41, 5.74) is 0. The molecule has 0 spiro atoms. The van der Waals surface area contributed by atoms with Gasteiger partial charge in [-0.25, -0.2) is 0 Å². The van der Waals surface area contributed by atoms with E-state index >= 15 is 0 Å². The van der Waals surface area contributed by atoms with Gasteiger partial charge in [-0.05, 0) is 26.2 Å². The topological polar surface area (TPSA) is 21.3 Å². The van der Waals surface area contributed by atoms with E-state index in [0.29, 0.717) is 6.10 Å². The fourth-order valence-electron chi connectivity index (χ4n) is 2.12. The van der Waals surface area contributed by atoms with E-state index < -0.39 is 0 Å². The highest BCUT2D eigenvalue weighted by Gasteiger charge is 2.10. The molecule has 1 aliphatic rings. The maximum absolute atomic E-state index is 5.65. The van der Waals surface area contributed by atoms with Gasteiger partial charge in [-0.1, -0.05) is 32.6 Å². The third kappa shape index (κ3) is 6.16. The van der Waals surface area contributed by atoms with Crippen molar-refractivity contribution in [3.05, 3.63) is 0 Å². The normalized spacial score (nSPS) is 21.2. The third-order valence-electron chi connectivity index (χ3n) is 3.37. The molecule has 15 heavy (non-hydrogen) atoms. The van der Waals surface area contributed by atoms with Crippen molar-refractivity contribution in [2.45, 2.75) is 70.9 Å². The Morgan fingerprint density at radius 1 is 1.20 bits per heavy atom. The number of rotatable bonds is 6. The summed E-state index contributed by atoms with van der Waals surface area (Å²) < 4.78 is 5.65. The smallest absolute Gasteiger partial charge is 0.0594 e. The van der Waals surface area contributed by atoms with Gasteiger partial charge in [0, 0.05) is 12.6 Å². The molecule has 1 atom stereocenters. The quantitative estimate of drug-likeness (QED) is 0.541. The molecule has 0 radical (unpaired) electrons. The first-order valence-electron chi connectivity index (χ1n) is 6.68. The van der Waals surface area contributed by atoms with E-state index in [9.17, 15) is 0 Å². The van der Waals surface area contributed by atoms with Gasteiger partial charge >= 0.3 is 0 Å². The minimum absolute atomic E-state index is 0.418. The summed E-state index contributed by atoms with van der Waals surface area (Å²) in [6.45, 7) is 6.20. The van der Waals surface area contributed by atoms with E-state index in [1.54, 1.807) is 0 Å². The van der Waals surface area contributed by atoms with Crippen LogP contribution < -0.4 is 5.32 Å². The molecular formula is C13H27NO. The number of ether oxygens (including phenoxy) is 1. The Labute approximate surface area is 94.8 Å². The molecule has 1 saturated carbocycles. The minimum atomic E-state index is 0.418. The van der Waals surface area contributed by atoms with E-state index in [-0.39, 0.29) is 0 Å². The van der Waals surface area contributed by atoms with Gasteiger partial charge < -0.3 is 10.1 Å². The van der Waals surface area contributed by atoms with Crippen LogP contribution in [-0.4, -0.2) is 25.3 Å². The summed E-state index contributed by atoms with van der Waals surface area (Å²) in [5.74, 6) is 0. The maximum atomic E-state index is 5.65. The number of hydrogen-bond donors (Lipinski definition) is 1. The van der Waals surface area contributed by atoms with Crippen molar-refractivity contribution >= 4 is 0 Å². The monoisotopic (exact) mass is 213 g/mol. The van der Waals surface area contributed by atoms with Crippen LogP contribution in [0.4, 0.5) is 0 Å². The Hall–Kier alpha value is -0.0800. The van der Waals surface area contributed by atoms with Crippen molar-refractivity contribution in [3.8, 4) is 0 Å². The molecule has 0 aromatic carbocycles. The lowest BCUT2D eigenvalue weighted by atomic mass is 10.1. The number of hydrogen-bond acceptors (Lipinski definition) is 2. The lowest BCUT2D eigenvalue weighted by molar-refractivity contribution is 0.0640. The number of nitrogens with one attached hydrogen (secondary N) is 1. The van der Waals surface area contributed by atoms with Crippen molar-refractivity contribution in [1.82, 2.24) is 5.32 Å². The molecule has 0 aromatic rings. The van der Waals surface area contributed by atoms with Crippen LogP contribution in [0.15, 0.2) is 0 Å². The van der Waals surface area contributed by atoms with Crippen molar-refractivity contribution in [3.63, 3.8) is 0 Å². The molecule has 2 nitrogen and oxygen atoms in total. The third-order valence-corrected chi connectivity index (χ3v) is 3.37. The van der Waals surface area contributed by atoms with Gasteiger partial charge in [0.05, 0.1) is 12.7 Å². The zero-order chi connectivity index (χ0) is 10.9. The van der Waals surface area contributed by atoms with Gasteiger partial charge in [-0.2, -0.15) is 0 Å². The highest BCUT2D eigenvalue weighted by atomic mass is 16.5.